The van der Waals surface area contributed by atoms with Crippen LogP contribution in [0.2, 0.25) is 0 Å². The van der Waals surface area contributed by atoms with Crippen LogP contribution in [0, 0.1) is 0 Å². The molecule has 0 radical (unpaired) electrons. The number of aliphatic hydroxyl groups excluding tert-OH is 1. The first-order valence-electron chi connectivity index (χ1n) is 4.23. The smallest absolute Gasteiger partial charge is 0.178 e. The summed E-state index contributed by atoms with van der Waals surface area (Å²) in [5.74, 6) is 0.572. The third-order valence-corrected chi connectivity index (χ3v) is 1.78. The van der Waals surface area contributed by atoms with Crippen LogP contribution in [-0.4, -0.2) is 20.1 Å². The normalized spacial score (nSPS) is 10.1. The van der Waals surface area contributed by atoms with E-state index in [0.717, 1.165) is 5.69 Å². The lowest BCUT2D eigenvalue weighted by Gasteiger charge is -1.98. The van der Waals surface area contributed by atoms with Crippen LogP contribution in [-0.2, 0) is 6.61 Å². The van der Waals surface area contributed by atoms with Gasteiger partial charge in [-0.2, -0.15) is 0 Å². The largest absolute Gasteiger partial charge is 0.392 e. The van der Waals surface area contributed by atoms with Gasteiger partial charge in [0.25, 0.3) is 0 Å². The Labute approximate surface area is 81.3 Å². The van der Waals surface area contributed by atoms with E-state index in [0.29, 0.717) is 11.4 Å². The molecule has 0 unspecified atom stereocenters. The molecule has 2 aromatic rings. The van der Waals surface area contributed by atoms with Crippen LogP contribution in [0.5, 0.6) is 0 Å². The molecule has 70 valence electrons. The van der Waals surface area contributed by atoms with Gasteiger partial charge in [-0.1, -0.05) is 6.07 Å². The van der Waals surface area contributed by atoms with Crippen molar-refractivity contribution in [3.05, 3.63) is 42.4 Å². The average Bonchev–Trinajstić information content (AvgIpc) is 2.30. The minimum Gasteiger partial charge on any atom is -0.392 e. The van der Waals surface area contributed by atoms with Crippen LogP contribution in [0.25, 0.3) is 11.5 Å². The Morgan fingerprint density at radius 1 is 1.07 bits per heavy atom. The van der Waals surface area contributed by atoms with E-state index in [2.05, 4.69) is 15.0 Å². The van der Waals surface area contributed by atoms with Crippen molar-refractivity contribution in [3.63, 3.8) is 0 Å². The highest BCUT2D eigenvalue weighted by Crippen LogP contribution is 2.09. The van der Waals surface area contributed by atoms with Gasteiger partial charge < -0.3 is 5.11 Å². The van der Waals surface area contributed by atoms with Crippen molar-refractivity contribution in [2.24, 2.45) is 0 Å². The molecule has 0 amide bonds. The van der Waals surface area contributed by atoms with Gasteiger partial charge in [-0.15, -0.1) is 0 Å². The number of aliphatic hydroxyl groups is 1. The standard InChI is InChI=1S/C10H9N3O/c14-7-8-5-12-10(13-6-8)9-3-1-2-4-11-9/h1-6,14H,7H2. The first-order valence-corrected chi connectivity index (χ1v) is 4.23. The molecule has 0 aliphatic rings. The van der Waals surface area contributed by atoms with Gasteiger partial charge in [0.1, 0.15) is 5.69 Å². The van der Waals surface area contributed by atoms with Crippen molar-refractivity contribution in [2.45, 2.75) is 6.61 Å². The van der Waals surface area contributed by atoms with E-state index < -0.39 is 0 Å². The van der Waals surface area contributed by atoms with Crippen LogP contribution in [0.3, 0.4) is 0 Å². The van der Waals surface area contributed by atoms with Crippen molar-refractivity contribution in [2.75, 3.05) is 0 Å². The summed E-state index contributed by atoms with van der Waals surface area (Å²) in [6, 6.07) is 5.56. The molecule has 4 heteroatoms. The van der Waals surface area contributed by atoms with Crippen LogP contribution in [0.4, 0.5) is 0 Å². The van der Waals surface area contributed by atoms with E-state index in [9.17, 15) is 0 Å². The molecule has 4 nitrogen and oxygen atoms in total. The predicted molar refractivity (Wildman–Crippen MR) is 51.2 cm³/mol. The highest BCUT2D eigenvalue weighted by Gasteiger charge is 2.00. The van der Waals surface area contributed by atoms with Crippen molar-refractivity contribution in [3.8, 4) is 11.5 Å². The lowest BCUT2D eigenvalue weighted by atomic mass is 10.3. The summed E-state index contributed by atoms with van der Waals surface area (Å²) >= 11 is 0. The Bertz CT molecular complexity index is 399. The monoisotopic (exact) mass is 187 g/mol. The zero-order valence-corrected chi connectivity index (χ0v) is 7.46. The second-order valence-electron chi connectivity index (χ2n) is 2.79. The Balaban J connectivity index is 2.34. The molecule has 0 fully saturated rings. The van der Waals surface area contributed by atoms with Gasteiger partial charge in [-0.05, 0) is 12.1 Å². The van der Waals surface area contributed by atoms with Crippen molar-refractivity contribution >= 4 is 0 Å². The van der Waals surface area contributed by atoms with Gasteiger partial charge in [0, 0.05) is 24.2 Å². The van der Waals surface area contributed by atoms with E-state index in [-0.39, 0.29) is 6.61 Å². The molecule has 2 rings (SSSR count). The van der Waals surface area contributed by atoms with E-state index in [1.165, 1.54) is 0 Å². The van der Waals surface area contributed by atoms with Crippen LogP contribution in [0.1, 0.15) is 5.56 Å². The Morgan fingerprint density at radius 3 is 2.43 bits per heavy atom. The molecule has 0 aliphatic carbocycles. The maximum atomic E-state index is 8.80. The molecular weight excluding hydrogens is 178 g/mol. The number of nitrogens with zero attached hydrogens (tertiary/aromatic N) is 3. The van der Waals surface area contributed by atoms with Crippen LogP contribution >= 0.6 is 0 Å². The lowest BCUT2D eigenvalue weighted by molar-refractivity contribution is 0.281. The van der Waals surface area contributed by atoms with Crippen LogP contribution in [0.15, 0.2) is 36.8 Å². The van der Waals surface area contributed by atoms with Gasteiger partial charge in [0.05, 0.1) is 6.61 Å². The van der Waals surface area contributed by atoms with Crippen molar-refractivity contribution < 1.29 is 5.11 Å². The van der Waals surface area contributed by atoms with Gasteiger partial charge in [0.15, 0.2) is 5.82 Å². The molecule has 14 heavy (non-hydrogen) atoms. The minimum absolute atomic E-state index is 0.0392. The SMILES string of the molecule is OCc1cnc(-c2ccccn2)nc1. The van der Waals surface area contributed by atoms with E-state index in [1.54, 1.807) is 18.6 Å². The molecule has 0 spiro atoms. The molecule has 1 N–H and O–H groups in total. The van der Waals surface area contributed by atoms with Gasteiger partial charge in [-0.3, -0.25) is 4.98 Å². The number of pyridine rings is 1. The zero-order valence-electron chi connectivity index (χ0n) is 7.46. The molecule has 0 aliphatic heterocycles. The molecule has 0 bridgehead atoms. The summed E-state index contributed by atoms with van der Waals surface area (Å²) in [6.45, 7) is -0.0392. The zero-order chi connectivity index (χ0) is 9.80. The van der Waals surface area contributed by atoms with E-state index >= 15 is 0 Å². The van der Waals surface area contributed by atoms with E-state index in [4.69, 9.17) is 5.11 Å². The minimum atomic E-state index is -0.0392. The molecule has 0 saturated carbocycles. The molecule has 0 saturated heterocycles. The third kappa shape index (κ3) is 1.75. The fourth-order valence-corrected chi connectivity index (χ4v) is 1.06. The number of rotatable bonds is 2. The highest BCUT2D eigenvalue weighted by atomic mass is 16.3. The number of hydrogen-bond donors (Lipinski definition) is 1. The maximum Gasteiger partial charge on any atom is 0.178 e. The van der Waals surface area contributed by atoms with Gasteiger partial charge >= 0.3 is 0 Å². The molecule has 0 aromatic carbocycles. The first-order chi connectivity index (χ1) is 6.90. The van der Waals surface area contributed by atoms with Crippen molar-refractivity contribution in [1.29, 1.82) is 0 Å². The lowest BCUT2D eigenvalue weighted by Crippen LogP contribution is -1.93. The van der Waals surface area contributed by atoms with Gasteiger partial charge in [0.2, 0.25) is 0 Å². The number of aromatic nitrogens is 3. The summed E-state index contributed by atoms with van der Waals surface area (Å²) in [6.07, 6.45) is 4.88. The Morgan fingerprint density at radius 2 is 1.86 bits per heavy atom. The molecular formula is C10H9N3O. The molecule has 2 heterocycles. The summed E-state index contributed by atoms with van der Waals surface area (Å²) in [5, 5.41) is 8.80. The predicted octanol–water partition coefficient (Wildman–Crippen LogP) is 1.03. The molecule has 2 aromatic heterocycles. The first kappa shape index (κ1) is 8.77. The van der Waals surface area contributed by atoms with Gasteiger partial charge in [-0.25, -0.2) is 9.97 Å². The summed E-state index contributed by atoms with van der Waals surface area (Å²) < 4.78 is 0. The number of hydrogen-bond acceptors (Lipinski definition) is 4. The fraction of sp³-hybridized carbons (Fsp3) is 0.100. The topological polar surface area (TPSA) is 58.9 Å². The van der Waals surface area contributed by atoms with Crippen LogP contribution < -0.4 is 0 Å². The Hall–Kier alpha value is -1.81. The summed E-state index contributed by atoms with van der Waals surface area (Å²) in [7, 11) is 0. The maximum absolute atomic E-state index is 8.80. The summed E-state index contributed by atoms with van der Waals surface area (Å²) in [5.41, 5.74) is 1.43. The molecule has 0 atom stereocenters. The second kappa shape index (κ2) is 3.93. The highest BCUT2D eigenvalue weighted by molar-refractivity contribution is 5.47. The average molecular weight is 187 g/mol. The van der Waals surface area contributed by atoms with Crippen molar-refractivity contribution in [1.82, 2.24) is 15.0 Å². The summed E-state index contributed by atoms with van der Waals surface area (Å²) in [4.78, 5) is 12.3. The quantitative estimate of drug-likeness (QED) is 0.762. The second-order valence-corrected chi connectivity index (χ2v) is 2.79. The fourth-order valence-electron chi connectivity index (χ4n) is 1.06. The third-order valence-electron chi connectivity index (χ3n) is 1.78. The Kier molecular flexibility index (Phi) is 2.46. The van der Waals surface area contributed by atoms with E-state index in [1.807, 2.05) is 18.2 Å².